The fourth-order valence-electron chi connectivity index (χ4n) is 1.73. The number of amides is 2. The minimum atomic E-state index is -4.60. The van der Waals surface area contributed by atoms with Gasteiger partial charge in [0.05, 0.1) is 11.3 Å². The number of rotatable bonds is 1. The molecule has 0 aliphatic carbocycles. The Morgan fingerprint density at radius 2 is 2.05 bits per heavy atom. The molecule has 1 aromatic carbocycles. The van der Waals surface area contributed by atoms with Gasteiger partial charge in [0.15, 0.2) is 0 Å². The van der Waals surface area contributed by atoms with E-state index in [2.05, 4.69) is 23.3 Å². The molecular formula is C13H18F4N4O. The summed E-state index contributed by atoms with van der Waals surface area (Å²) in [5.74, 6) is -0.984. The highest BCUT2D eigenvalue weighted by Crippen LogP contribution is 2.31. The lowest BCUT2D eigenvalue weighted by Crippen LogP contribution is -2.46. The number of piperazine rings is 1. The molecule has 0 spiro atoms. The molecule has 0 radical (unpaired) electrons. The van der Waals surface area contributed by atoms with Gasteiger partial charge in [-0.05, 0) is 25.1 Å². The Morgan fingerprint density at radius 1 is 1.36 bits per heavy atom. The lowest BCUT2D eigenvalue weighted by Gasteiger charge is -2.19. The number of hydrogen-bond acceptors (Lipinski definition) is 3. The number of alkyl halides is 3. The molecule has 1 aliphatic rings. The number of benzene rings is 1. The summed E-state index contributed by atoms with van der Waals surface area (Å²) in [6.07, 6.45) is -4.60. The van der Waals surface area contributed by atoms with Crippen LogP contribution in [0.4, 0.5) is 28.0 Å². The third kappa shape index (κ3) is 6.27. The van der Waals surface area contributed by atoms with Gasteiger partial charge in [0.2, 0.25) is 0 Å². The standard InChI is InChI=1S/C8H6F4N2O.C5H12N2/c9-5-2-1-4(8(10,11)12)3-6(5)14-7(13)15;1-5-4-6-2-3-7-5/h1-3H,(H3,13,14,15);5-7H,2-4H2,1H3. The molecule has 1 aliphatic heterocycles. The molecule has 1 heterocycles. The van der Waals surface area contributed by atoms with Crippen molar-refractivity contribution in [2.45, 2.75) is 19.1 Å². The quantitative estimate of drug-likeness (QED) is 0.596. The van der Waals surface area contributed by atoms with Crippen LogP contribution < -0.4 is 21.7 Å². The van der Waals surface area contributed by atoms with Gasteiger partial charge >= 0.3 is 12.2 Å². The topological polar surface area (TPSA) is 79.2 Å². The summed E-state index contributed by atoms with van der Waals surface area (Å²) in [4.78, 5) is 10.3. The van der Waals surface area contributed by atoms with Crippen LogP contribution in [0, 0.1) is 5.82 Å². The van der Waals surface area contributed by atoms with Gasteiger partial charge in [-0.3, -0.25) is 0 Å². The zero-order valence-electron chi connectivity index (χ0n) is 11.9. The van der Waals surface area contributed by atoms with Crippen LogP contribution in [0.15, 0.2) is 18.2 Å². The van der Waals surface area contributed by atoms with E-state index in [1.54, 1.807) is 5.32 Å². The molecule has 2 rings (SSSR count). The Kier molecular flexibility index (Phi) is 6.57. The van der Waals surface area contributed by atoms with Gasteiger partial charge in [0, 0.05) is 25.7 Å². The first-order chi connectivity index (χ1) is 10.2. The molecule has 22 heavy (non-hydrogen) atoms. The van der Waals surface area contributed by atoms with Gasteiger partial charge in [0.25, 0.3) is 0 Å². The number of carbonyl (C=O) groups is 1. The van der Waals surface area contributed by atoms with Crippen molar-refractivity contribution in [2.75, 3.05) is 25.0 Å². The Bertz CT molecular complexity index is 501. The lowest BCUT2D eigenvalue weighted by molar-refractivity contribution is -0.137. The summed E-state index contributed by atoms with van der Waals surface area (Å²) in [5, 5.41) is 8.34. The first-order valence-electron chi connectivity index (χ1n) is 6.57. The zero-order valence-corrected chi connectivity index (χ0v) is 11.9. The number of halogens is 4. The largest absolute Gasteiger partial charge is 0.416 e. The second kappa shape index (κ2) is 7.95. The Labute approximate surface area is 125 Å². The molecular weight excluding hydrogens is 304 g/mol. The van der Waals surface area contributed by atoms with Crippen LogP contribution in [-0.4, -0.2) is 31.7 Å². The van der Waals surface area contributed by atoms with Crippen molar-refractivity contribution in [2.24, 2.45) is 5.73 Å². The SMILES string of the molecule is CC1CNCCN1.NC(=O)Nc1cc(C(F)(F)F)ccc1F. The summed E-state index contributed by atoms with van der Waals surface area (Å²) in [6, 6.07) is 1.19. The van der Waals surface area contributed by atoms with Crippen LogP contribution in [0.5, 0.6) is 0 Å². The third-order valence-electron chi connectivity index (χ3n) is 2.80. The van der Waals surface area contributed by atoms with Crippen LogP contribution >= 0.6 is 0 Å². The van der Waals surface area contributed by atoms with E-state index in [1.165, 1.54) is 0 Å². The Morgan fingerprint density at radius 3 is 2.45 bits per heavy atom. The summed E-state index contributed by atoms with van der Waals surface area (Å²) in [5.41, 5.74) is 2.99. The molecule has 9 heteroatoms. The van der Waals surface area contributed by atoms with E-state index in [0.717, 1.165) is 19.6 Å². The zero-order chi connectivity index (χ0) is 16.8. The maximum atomic E-state index is 12.9. The minimum absolute atomic E-state index is 0.472. The second-order valence-corrected chi connectivity index (χ2v) is 4.74. The molecule has 1 fully saturated rings. The summed E-state index contributed by atoms with van der Waals surface area (Å²) in [7, 11) is 0. The fourth-order valence-corrected chi connectivity index (χ4v) is 1.73. The molecule has 5 N–H and O–H groups in total. The lowest BCUT2D eigenvalue weighted by atomic mass is 10.2. The number of carbonyl (C=O) groups excluding carboxylic acids is 1. The maximum absolute atomic E-state index is 12.9. The normalized spacial score (nSPS) is 18.1. The van der Waals surface area contributed by atoms with E-state index < -0.39 is 29.3 Å². The molecule has 5 nitrogen and oxygen atoms in total. The van der Waals surface area contributed by atoms with Crippen LogP contribution in [-0.2, 0) is 6.18 Å². The van der Waals surface area contributed by atoms with Gasteiger partial charge in [0.1, 0.15) is 5.82 Å². The number of nitrogens with one attached hydrogen (secondary N) is 3. The number of primary amides is 1. The van der Waals surface area contributed by atoms with Crippen molar-refractivity contribution in [3.8, 4) is 0 Å². The molecule has 0 aromatic heterocycles. The van der Waals surface area contributed by atoms with Gasteiger partial charge in [-0.15, -0.1) is 0 Å². The molecule has 0 bridgehead atoms. The molecule has 124 valence electrons. The molecule has 1 aromatic rings. The monoisotopic (exact) mass is 322 g/mol. The average molecular weight is 322 g/mol. The van der Waals surface area contributed by atoms with E-state index in [9.17, 15) is 22.4 Å². The fraction of sp³-hybridized carbons (Fsp3) is 0.462. The van der Waals surface area contributed by atoms with E-state index >= 15 is 0 Å². The van der Waals surface area contributed by atoms with Crippen LogP contribution in [0.2, 0.25) is 0 Å². The minimum Gasteiger partial charge on any atom is -0.351 e. The molecule has 1 atom stereocenters. The summed E-state index contributed by atoms with van der Waals surface area (Å²) >= 11 is 0. The first kappa shape index (κ1) is 18.2. The number of anilines is 1. The van der Waals surface area contributed by atoms with Crippen molar-refractivity contribution >= 4 is 11.7 Å². The number of urea groups is 1. The Hall–Kier alpha value is -1.87. The smallest absolute Gasteiger partial charge is 0.351 e. The first-order valence-corrected chi connectivity index (χ1v) is 6.57. The number of nitrogens with two attached hydrogens (primary N) is 1. The van der Waals surface area contributed by atoms with Crippen molar-refractivity contribution in [3.63, 3.8) is 0 Å². The van der Waals surface area contributed by atoms with Crippen LogP contribution in [0.1, 0.15) is 12.5 Å². The van der Waals surface area contributed by atoms with Gasteiger partial charge in [-0.1, -0.05) is 0 Å². The molecule has 0 saturated carbocycles. The van der Waals surface area contributed by atoms with E-state index in [1.807, 2.05) is 0 Å². The van der Waals surface area contributed by atoms with Crippen LogP contribution in [0.25, 0.3) is 0 Å². The highest BCUT2D eigenvalue weighted by Gasteiger charge is 2.31. The van der Waals surface area contributed by atoms with Crippen LogP contribution in [0.3, 0.4) is 0 Å². The van der Waals surface area contributed by atoms with Gasteiger partial charge in [-0.25, -0.2) is 9.18 Å². The van der Waals surface area contributed by atoms with Gasteiger partial charge in [-0.2, -0.15) is 13.2 Å². The summed E-state index contributed by atoms with van der Waals surface area (Å²) in [6.45, 7) is 5.57. The Balaban J connectivity index is 0.000000287. The summed E-state index contributed by atoms with van der Waals surface area (Å²) < 4.78 is 49.4. The van der Waals surface area contributed by atoms with Crippen molar-refractivity contribution in [1.82, 2.24) is 10.6 Å². The maximum Gasteiger partial charge on any atom is 0.416 e. The predicted molar refractivity (Wildman–Crippen MR) is 74.9 cm³/mol. The van der Waals surface area contributed by atoms with E-state index in [4.69, 9.17) is 0 Å². The highest BCUT2D eigenvalue weighted by molar-refractivity contribution is 5.88. The van der Waals surface area contributed by atoms with Gasteiger partial charge < -0.3 is 21.7 Å². The van der Waals surface area contributed by atoms with E-state index in [0.29, 0.717) is 24.2 Å². The van der Waals surface area contributed by atoms with Crippen molar-refractivity contribution in [1.29, 1.82) is 0 Å². The molecule has 2 amide bonds. The van der Waals surface area contributed by atoms with E-state index in [-0.39, 0.29) is 0 Å². The number of hydrogen-bond donors (Lipinski definition) is 4. The second-order valence-electron chi connectivity index (χ2n) is 4.74. The van der Waals surface area contributed by atoms with Crippen molar-refractivity contribution in [3.05, 3.63) is 29.6 Å². The molecule has 1 saturated heterocycles. The third-order valence-corrected chi connectivity index (χ3v) is 2.80. The molecule has 1 unspecified atom stereocenters. The average Bonchev–Trinajstić information content (AvgIpc) is 2.41. The predicted octanol–water partition coefficient (Wildman–Crippen LogP) is 1.90. The van der Waals surface area contributed by atoms with Crippen molar-refractivity contribution < 1.29 is 22.4 Å². The highest BCUT2D eigenvalue weighted by atomic mass is 19.4.